The monoisotopic (exact) mass is 418 g/mol. The number of aromatic nitrogens is 1. The van der Waals surface area contributed by atoms with Gasteiger partial charge in [-0.1, -0.05) is 32.4 Å². The summed E-state index contributed by atoms with van der Waals surface area (Å²) in [5.74, 6) is 0.628. The maximum Gasteiger partial charge on any atom is 0.191 e. The van der Waals surface area contributed by atoms with Crippen LogP contribution in [0.2, 0.25) is 23.3 Å². The molecule has 0 N–H and O–H groups in total. The third-order valence-electron chi connectivity index (χ3n) is 5.13. The van der Waals surface area contributed by atoms with E-state index >= 15 is 0 Å². The fourth-order valence-electron chi connectivity index (χ4n) is 2.55. The highest BCUT2D eigenvalue weighted by Crippen LogP contribution is 2.37. The Balaban J connectivity index is 1.86. The van der Waals surface area contributed by atoms with Gasteiger partial charge in [-0.15, -0.1) is 0 Å². The van der Waals surface area contributed by atoms with Crippen molar-refractivity contribution >= 4 is 35.8 Å². The fourth-order valence-corrected chi connectivity index (χ4v) is 4.18. The molecule has 0 spiro atoms. The molecule has 1 aromatic heterocycles. The van der Waals surface area contributed by atoms with E-state index in [1.54, 1.807) is 6.20 Å². The molecule has 130 valence electrons. The lowest BCUT2D eigenvalue weighted by molar-refractivity contribution is 0.221. The first-order valence-electron chi connectivity index (χ1n) is 8.25. The van der Waals surface area contributed by atoms with Gasteiger partial charge in [0.25, 0.3) is 0 Å². The van der Waals surface area contributed by atoms with Crippen LogP contribution in [0.4, 0.5) is 0 Å². The largest absolute Gasteiger partial charge is 0.416 e. The minimum Gasteiger partial charge on any atom is -0.416 e. The summed E-state index contributed by atoms with van der Waals surface area (Å²) >= 11 is 9.67. The highest BCUT2D eigenvalue weighted by molar-refractivity contribution is 9.10. The van der Waals surface area contributed by atoms with Gasteiger partial charge in [0.15, 0.2) is 8.32 Å². The number of likely N-dealkylation sites (tertiary alicyclic amines) is 1. The van der Waals surface area contributed by atoms with E-state index in [2.05, 4.69) is 65.7 Å². The molecule has 0 radical (unpaired) electrons. The summed E-state index contributed by atoms with van der Waals surface area (Å²) in [5, 5.41) is 0.884. The van der Waals surface area contributed by atoms with Crippen molar-refractivity contribution in [3.05, 3.63) is 27.5 Å². The van der Waals surface area contributed by atoms with Crippen molar-refractivity contribution in [3.63, 3.8) is 0 Å². The Bertz CT molecular complexity index is 548. The molecular formula is C17H28BrClN2OSi. The molecule has 3 nitrogen and oxygen atoms in total. The van der Waals surface area contributed by atoms with Crippen molar-refractivity contribution in [2.45, 2.75) is 51.9 Å². The van der Waals surface area contributed by atoms with Gasteiger partial charge < -0.3 is 4.43 Å². The van der Waals surface area contributed by atoms with E-state index in [0.29, 0.717) is 11.1 Å². The van der Waals surface area contributed by atoms with Crippen LogP contribution in [0.3, 0.4) is 0 Å². The van der Waals surface area contributed by atoms with Gasteiger partial charge in [0.05, 0.1) is 0 Å². The predicted octanol–water partition coefficient (Wildman–Crippen LogP) is 5.34. The summed E-state index contributed by atoms with van der Waals surface area (Å²) in [6, 6.07) is 2.06. The van der Waals surface area contributed by atoms with E-state index in [1.807, 2.05) is 0 Å². The van der Waals surface area contributed by atoms with Crippen LogP contribution >= 0.6 is 27.5 Å². The number of hydrogen-bond donors (Lipinski definition) is 0. The first-order valence-corrected chi connectivity index (χ1v) is 12.3. The highest BCUT2D eigenvalue weighted by Gasteiger charge is 2.38. The lowest BCUT2D eigenvalue weighted by Gasteiger charge is -2.37. The van der Waals surface area contributed by atoms with E-state index in [4.69, 9.17) is 16.0 Å². The topological polar surface area (TPSA) is 25.4 Å². The summed E-state index contributed by atoms with van der Waals surface area (Å²) < 4.78 is 7.37. The van der Waals surface area contributed by atoms with Crippen molar-refractivity contribution in [2.24, 2.45) is 5.92 Å². The molecule has 1 atom stereocenters. The van der Waals surface area contributed by atoms with Crippen LogP contribution in [0.15, 0.2) is 16.7 Å². The molecular weight excluding hydrogens is 392 g/mol. The zero-order chi connectivity index (χ0) is 17.3. The maximum absolute atomic E-state index is 6.39. The second-order valence-electron chi connectivity index (χ2n) is 8.06. The van der Waals surface area contributed by atoms with E-state index in [-0.39, 0.29) is 5.04 Å². The lowest BCUT2D eigenvalue weighted by atomic mass is 10.1. The van der Waals surface area contributed by atoms with Gasteiger partial charge >= 0.3 is 0 Å². The second kappa shape index (κ2) is 7.52. The van der Waals surface area contributed by atoms with Gasteiger partial charge in [-0.25, -0.2) is 4.98 Å². The van der Waals surface area contributed by atoms with Gasteiger partial charge in [0.2, 0.25) is 0 Å². The Morgan fingerprint density at radius 2 is 2.13 bits per heavy atom. The molecule has 2 rings (SSSR count). The molecule has 0 saturated carbocycles. The van der Waals surface area contributed by atoms with Gasteiger partial charge in [-0.2, -0.15) is 0 Å². The Morgan fingerprint density at radius 3 is 2.78 bits per heavy atom. The molecule has 0 unspecified atom stereocenters. The number of hydrogen-bond acceptors (Lipinski definition) is 3. The molecule has 0 amide bonds. The fraction of sp³-hybridized carbons (Fsp3) is 0.706. The molecule has 23 heavy (non-hydrogen) atoms. The van der Waals surface area contributed by atoms with Crippen LogP contribution in [0.1, 0.15) is 32.8 Å². The normalized spacial score (nSPS) is 20.2. The van der Waals surface area contributed by atoms with E-state index < -0.39 is 8.32 Å². The van der Waals surface area contributed by atoms with Crippen molar-refractivity contribution in [1.29, 1.82) is 0 Å². The SMILES string of the molecule is CC(C)(C)[Si](C)(C)OC[C@@H]1CCN(Cc2cc(Br)cnc2Cl)C1. The standard InChI is InChI=1S/C17H28BrClN2OSi/c1-17(2,3)23(4,5)22-12-13-6-7-21(10-13)11-14-8-15(18)9-20-16(14)19/h8-9,13H,6-7,10-12H2,1-5H3/t13-/m1/s1. The molecule has 1 aromatic rings. The lowest BCUT2D eigenvalue weighted by Crippen LogP contribution is -2.42. The molecule has 6 heteroatoms. The predicted molar refractivity (Wildman–Crippen MR) is 103 cm³/mol. The van der Waals surface area contributed by atoms with Gasteiger partial charge in [-0.05, 0) is 59.0 Å². The first kappa shape index (κ1) is 19.4. The summed E-state index contributed by atoms with van der Waals surface area (Å²) in [6.45, 7) is 15.5. The summed E-state index contributed by atoms with van der Waals surface area (Å²) in [7, 11) is -1.64. The van der Waals surface area contributed by atoms with E-state index in [9.17, 15) is 0 Å². The molecule has 0 aromatic carbocycles. The zero-order valence-electron chi connectivity index (χ0n) is 14.8. The summed E-state index contributed by atoms with van der Waals surface area (Å²) in [4.78, 5) is 6.66. The van der Waals surface area contributed by atoms with Crippen LogP contribution < -0.4 is 0 Å². The number of halogens is 2. The van der Waals surface area contributed by atoms with Crippen LogP contribution in [0, 0.1) is 5.92 Å². The minimum absolute atomic E-state index is 0.279. The number of pyridine rings is 1. The van der Waals surface area contributed by atoms with Crippen molar-refractivity contribution in [3.8, 4) is 0 Å². The minimum atomic E-state index is -1.64. The van der Waals surface area contributed by atoms with Crippen LogP contribution in [0.25, 0.3) is 0 Å². The quantitative estimate of drug-likeness (QED) is 0.475. The third-order valence-corrected chi connectivity index (χ3v) is 10.4. The molecule has 1 saturated heterocycles. The first-order chi connectivity index (χ1) is 10.6. The molecule has 1 aliphatic heterocycles. The number of nitrogens with zero attached hydrogens (tertiary/aromatic N) is 2. The zero-order valence-corrected chi connectivity index (χ0v) is 18.2. The summed E-state index contributed by atoms with van der Waals surface area (Å²) in [5.41, 5.74) is 1.09. The average molecular weight is 420 g/mol. The van der Waals surface area contributed by atoms with Crippen LogP contribution in [-0.2, 0) is 11.0 Å². The highest BCUT2D eigenvalue weighted by atomic mass is 79.9. The van der Waals surface area contributed by atoms with Crippen LogP contribution in [-0.4, -0.2) is 37.9 Å². The van der Waals surface area contributed by atoms with Gasteiger partial charge in [0, 0.05) is 35.9 Å². The van der Waals surface area contributed by atoms with Crippen molar-refractivity contribution in [2.75, 3.05) is 19.7 Å². The molecule has 2 heterocycles. The molecule has 1 aliphatic rings. The molecule has 0 bridgehead atoms. The van der Waals surface area contributed by atoms with Crippen molar-refractivity contribution in [1.82, 2.24) is 9.88 Å². The molecule has 0 aliphatic carbocycles. The average Bonchev–Trinajstić information content (AvgIpc) is 2.87. The maximum atomic E-state index is 6.39. The Morgan fingerprint density at radius 1 is 1.43 bits per heavy atom. The molecule has 1 fully saturated rings. The van der Waals surface area contributed by atoms with E-state index in [0.717, 1.165) is 36.3 Å². The Hall–Kier alpha value is 0.0569. The van der Waals surface area contributed by atoms with Gasteiger partial charge in [-0.3, -0.25) is 4.90 Å². The Labute approximate surface area is 155 Å². The number of rotatable bonds is 5. The third kappa shape index (κ3) is 5.26. The van der Waals surface area contributed by atoms with Gasteiger partial charge in [0.1, 0.15) is 5.15 Å². The van der Waals surface area contributed by atoms with Crippen LogP contribution in [0.5, 0.6) is 0 Å². The van der Waals surface area contributed by atoms with E-state index in [1.165, 1.54) is 6.42 Å². The van der Waals surface area contributed by atoms with Crippen molar-refractivity contribution < 1.29 is 4.43 Å². The summed E-state index contributed by atoms with van der Waals surface area (Å²) in [6.07, 6.45) is 2.94. The smallest absolute Gasteiger partial charge is 0.191 e. The second-order valence-corrected chi connectivity index (χ2v) is 14.1. The Kier molecular flexibility index (Phi) is 6.34.